The van der Waals surface area contributed by atoms with Gasteiger partial charge in [-0.15, -0.1) is 29.6 Å². The summed E-state index contributed by atoms with van der Waals surface area (Å²) < 4.78 is 110. The van der Waals surface area contributed by atoms with Crippen LogP contribution in [0.5, 0.6) is 11.5 Å². The molecule has 0 fully saturated rings. The molecule has 0 saturated heterocycles. The van der Waals surface area contributed by atoms with Gasteiger partial charge in [0.1, 0.15) is 5.82 Å². The summed E-state index contributed by atoms with van der Waals surface area (Å²) in [6.07, 6.45) is 5.90. The van der Waals surface area contributed by atoms with E-state index >= 15 is 0 Å². The topological polar surface area (TPSA) is 35.9 Å². The molecule has 0 bridgehead atoms. The molecule has 0 aliphatic heterocycles. The van der Waals surface area contributed by atoms with Crippen LogP contribution in [0, 0.1) is 23.9 Å². The summed E-state index contributed by atoms with van der Waals surface area (Å²) in [4.78, 5) is 4.67. The number of benzene rings is 7. The van der Waals surface area contributed by atoms with Gasteiger partial charge in [0.25, 0.3) is 6.33 Å². The van der Waals surface area contributed by atoms with Gasteiger partial charge in [-0.3, -0.25) is 4.57 Å². The van der Waals surface area contributed by atoms with E-state index in [0.717, 1.165) is 27.8 Å². The summed E-state index contributed by atoms with van der Waals surface area (Å²) in [5, 5.41) is 0.172. The third-order valence-corrected chi connectivity index (χ3v) is 11.7. The molecule has 0 spiro atoms. The number of nitrogens with zero attached hydrogens (tertiary/aromatic N) is 4. The van der Waals surface area contributed by atoms with Crippen LogP contribution < -0.4 is 9.30 Å². The molecule has 0 aliphatic rings. The zero-order valence-electron chi connectivity index (χ0n) is 50.0. The van der Waals surface area contributed by atoms with Crippen LogP contribution in [0.15, 0.2) is 164 Å². The molecule has 0 atom stereocenters. The summed E-state index contributed by atoms with van der Waals surface area (Å²) in [5.41, 5.74) is 7.21. The molecule has 3 heterocycles. The average Bonchev–Trinajstić information content (AvgIpc) is 4.12. The minimum atomic E-state index is -0.494. The van der Waals surface area contributed by atoms with Crippen LogP contribution in [0.1, 0.15) is 94.1 Å². The van der Waals surface area contributed by atoms with Crippen molar-refractivity contribution in [3.8, 4) is 50.9 Å². The number of imidazole rings is 1. The van der Waals surface area contributed by atoms with Crippen molar-refractivity contribution < 1.29 is 45.4 Å². The van der Waals surface area contributed by atoms with Gasteiger partial charge in [0.2, 0.25) is 0 Å². The minimum Gasteiger partial charge on any atom is -0.510 e. The number of hydrogen-bond donors (Lipinski definition) is 0. The number of fused-ring (bicyclic) bond motifs is 4. The number of aromatic nitrogens is 4. The molecule has 0 saturated carbocycles. The SMILES string of the molecule is [2H]c1c([2H])c([2H])c(-c2cccc(-c3cc(C(C)(C)C)cc(C(C)(C)C)c3)c2-[n+]2[c-]n(-c3[c-]c(Oc4[c-]c5c(c([2H])c4[2H])c4c([2H])c([2H])c([2H])c([2H])c4n5-c4cc(CC(C)(C)C)ccn4)ccc3)c3ccccc32)c([2H])c1[2H].[Pt]. The molecule has 0 unspecified atom stereocenters. The first-order chi connectivity index (χ1) is 36.2. The molecule has 338 valence electrons. The van der Waals surface area contributed by atoms with Crippen molar-refractivity contribution in [3.63, 3.8) is 0 Å². The van der Waals surface area contributed by atoms with Crippen LogP contribution >= 0.6 is 0 Å². The third-order valence-electron chi connectivity index (χ3n) is 11.7. The number of ether oxygens (including phenoxy) is 1. The Labute approximate surface area is 425 Å². The maximum atomic E-state index is 9.41. The van der Waals surface area contributed by atoms with Gasteiger partial charge in [0, 0.05) is 45.6 Å². The van der Waals surface area contributed by atoms with E-state index < -0.39 is 30.2 Å². The van der Waals surface area contributed by atoms with Crippen LogP contribution in [0.25, 0.3) is 72.3 Å². The Kier molecular flexibility index (Phi) is 8.89. The molecule has 0 aliphatic carbocycles. The average molecular weight is 1070 g/mol. The normalized spacial score (nSPS) is 14.5. The monoisotopic (exact) mass is 1070 g/mol. The quantitative estimate of drug-likeness (QED) is 0.112. The molecular weight excluding hydrogens is 1000 g/mol. The zero-order valence-corrected chi connectivity index (χ0v) is 41.2. The Morgan fingerprint density at radius 1 is 0.627 bits per heavy atom. The van der Waals surface area contributed by atoms with Crippen molar-refractivity contribution >= 4 is 32.8 Å². The molecule has 10 aromatic rings. The van der Waals surface area contributed by atoms with Gasteiger partial charge in [-0.05, 0) is 92.2 Å². The van der Waals surface area contributed by atoms with E-state index in [4.69, 9.17) is 14.3 Å². The van der Waals surface area contributed by atoms with Crippen LogP contribution in [-0.4, -0.2) is 14.1 Å². The summed E-state index contributed by atoms with van der Waals surface area (Å²) >= 11 is 0. The zero-order chi connectivity index (χ0) is 55.5. The first kappa shape index (κ1) is 33.8. The third kappa shape index (κ3) is 9.02. The summed E-state index contributed by atoms with van der Waals surface area (Å²) in [7, 11) is 0. The molecule has 5 nitrogen and oxygen atoms in total. The van der Waals surface area contributed by atoms with Crippen LogP contribution in [-0.2, 0) is 38.3 Å². The van der Waals surface area contributed by atoms with Crippen LogP contribution in [0.3, 0.4) is 0 Å². The predicted molar refractivity (Wildman–Crippen MR) is 271 cm³/mol. The second-order valence-corrected chi connectivity index (χ2v) is 20.0. The molecule has 6 heteroatoms. The van der Waals surface area contributed by atoms with Gasteiger partial charge < -0.3 is 13.9 Å². The van der Waals surface area contributed by atoms with Crippen molar-refractivity contribution in [1.82, 2.24) is 14.1 Å². The van der Waals surface area contributed by atoms with Crippen molar-refractivity contribution in [1.29, 1.82) is 0 Å². The second-order valence-electron chi connectivity index (χ2n) is 20.0. The smallest absolute Gasteiger partial charge is 0.268 e. The van der Waals surface area contributed by atoms with Gasteiger partial charge >= 0.3 is 0 Å². The van der Waals surface area contributed by atoms with E-state index in [1.54, 1.807) is 33.5 Å². The van der Waals surface area contributed by atoms with E-state index in [-0.39, 0.29) is 112 Å². The molecule has 10 rings (SSSR count). The van der Waals surface area contributed by atoms with Crippen molar-refractivity contribution in [2.75, 3.05) is 0 Å². The molecular formula is C61H56N4OPt-2. The number of hydrogen-bond acceptors (Lipinski definition) is 2. The molecule has 0 amide bonds. The number of para-hydroxylation sites is 4. The molecule has 0 radical (unpaired) electrons. The fourth-order valence-electron chi connectivity index (χ4n) is 8.47. The summed E-state index contributed by atoms with van der Waals surface area (Å²) in [6.45, 7) is 19.3. The van der Waals surface area contributed by atoms with Crippen molar-refractivity contribution in [2.24, 2.45) is 5.41 Å². The van der Waals surface area contributed by atoms with Crippen LogP contribution in [0.4, 0.5) is 0 Å². The van der Waals surface area contributed by atoms with Crippen molar-refractivity contribution in [2.45, 2.75) is 79.6 Å². The Bertz CT molecular complexity index is 4030. The standard InChI is InChI=1S/C61H56N4O.Pt/c1-59(2,3)39-41-31-32-62-57(33-41)65-53-26-14-13-23-51(53)52-30-29-48(38-56(52)65)66-47-22-17-21-46(37-47)63-40-64(55-28-16-15-27-54(55)63)58-49(42-19-11-10-12-20-42)24-18-25-50(58)43-34-44(60(4,5)6)36-45(35-43)61(7,8)9;/h10-36H,39H2,1-9H3;/q-2;/i10D,11D,12D,13D,14D,19D,20D,23D,26D,29D,30D;. The Morgan fingerprint density at radius 3 is 2.04 bits per heavy atom. The van der Waals surface area contributed by atoms with E-state index in [9.17, 15) is 5.48 Å². The summed E-state index contributed by atoms with van der Waals surface area (Å²) in [5.74, 6) is 0.345. The van der Waals surface area contributed by atoms with Gasteiger partial charge in [-0.1, -0.05) is 177 Å². The van der Waals surface area contributed by atoms with E-state index in [0.29, 0.717) is 40.2 Å². The minimum absolute atomic E-state index is 0. The van der Waals surface area contributed by atoms with E-state index in [1.807, 2.05) is 59.2 Å². The van der Waals surface area contributed by atoms with Gasteiger partial charge in [-0.25, -0.2) is 4.98 Å². The Hall–Kier alpha value is -6.55. The predicted octanol–water partition coefficient (Wildman–Crippen LogP) is 15.1. The van der Waals surface area contributed by atoms with Gasteiger partial charge in [0.15, 0.2) is 0 Å². The molecule has 67 heavy (non-hydrogen) atoms. The largest absolute Gasteiger partial charge is 0.510 e. The second kappa shape index (κ2) is 17.6. The molecule has 7 aromatic carbocycles. The molecule has 0 N–H and O–H groups in total. The number of pyridine rings is 1. The van der Waals surface area contributed by atoms with Gasteiger partial charge in [0.05, 0.1) is 29.1 Å². The maximum Gasteiger partial charge on any atom is 0.268 e. The maximum absolute atomic E-state index is 9.41. The Balaban J connectivity index is 0.00000740. The van der Waals surface area contributed by atoms with E-state index in [1.165, 1.54) is 0 Å². The van der Waals surface area contributed by atoms with Gasteiger partial charge in [-0.2, -0.15) is 18.2 Å². The first-order valence-corrected chi connectivity index (χ1v) is 22.1. The fourth-order valence-corrected chi connectivity index (χ4v) is 8.47. The fraction of sp³-hybridized carbons (Fsp3) is 0.213. The summed E-state index contributed by atoms with van der Waals surface area (Å²) in [6, 6.07) is 30.9. The number of rotatable bonds is 8. The van der Waals surface area contributed by atoms with Crippen molar-refractivity contribution in [3.05, 3.63) is 199 Å². The first-order valence-electron chi connectivity index (χ1n) is 27.6. The van der Waals surface area contributed by atoms with Crippen LogP contribution in [0.2, 0.25) is 0 Å². The Morgan fingerprint density at radius 2 is 1.31 bits per heavy atom. The van der Waals surface area contributed by atoms with E-state index in [2.05, 4.69) is 104 Å². The molecule has 3 aromatic heterocycles.